The van der Waals surface area contributed by atoms with Crippen molar-refractivity contribution in [1.82, 2.24) is 5.32 Å². The first-order valence-electron chi connectivity index (χ1n) is 8.54. The first-order valence-corrected chi connectivity index (χ1v) is 10.7. The molecular weight excluding hydrogens is 399 g/mol. The molecule has 0 heterocycles. The van der Waals surface area contributed by atoms with Crippen molar-refractivity contribution in [2.45, 2.75) is 38.5 Å². The zero-order chi connectivity index (χ0) is 19.9. The molecule has 7 heteroatoms. The lowest BCUT2D eigenvalue weighted by molar-refractivity contribution is 0.492. The number of nitrogens with one attached hydrogen (secondary N) is 2. The van der Waals surface area contributed by atoms with Crippen LogP contribution in [-0.2, 0) is 21.9 Å². The summed E-state index contributed by atoms with van der Waals surface area (Å²) in [6, 6.07) is 13.7. The summed E-state index contributed by atoms with van der Waals surface area (Å²) in [7, 11) is 1.52. The Balaban J connectivity index is 1.80. The average molecular weight is 425 g/mol. The van der Waals surface area contributed by atoms with Crippen molar-refractivity contribution in [2.24, 2.45) is 0 Å². The van der Waals surface area contributed by atoms with Gasteiger partial charge in [-0.05, 0) is 34.2 Å². The summed E-state index contributed by atoms with van der Waals surface area (Å²) in [5.41, 5.74) is 3.93. The molecule has 0 fully saturated rings. The van der Waals surface area contributed by atoms with E-state index in [1.165, 1.54) is 24.3 Å². The quantitative estimate of drug-likeness (QED) is 0.320. The summed E-state index contributed by atoms with van der Waals surface area (Å²) in [6.45, 7) is 7.11. The van der Waals surface area contributed by atoms with E-state index in [2.05, 4.69) is 55.1 Å². The molecule has 0 aliphatic heterocycles. The van der Waals surface area contributed by atoms with Crippen molar-refractivity contribution in [3.63, 3.8) is 0 Å². The summed E-state index contributed by atoms with van der Waals surface area (Å²) in [6.07, 6.45) is 0. The monoisotopic (exact) mass is 424 g/mol. The SMILES string of the molecule is COSNc1ccc(CNC(=S)SCc2ccc(C(C)(C)C)cc2)cc1F. The fourth-order valence-electron chi connectivity index (χ4n) is 2.31. The van der Waals surface area contributed by atoms with E-state index in [0.29, 0.717) is 16.6 Å². The molecule has 0 aromatic heterocycles. The molecule has 0 aliphatic rings. The summed E-state index contributed by atoms with van der Waals surface area (Å²) >= 11 is 7.93. The molecule has 0 radical (unpaired) electrons. The maximum Gasteiger partial charge on any atom is 0.147 e. The highest BCUT2D eigenvalue weighted by atomic mass is 32.2. The van der Waals surface area contributed by atoms with Gasteiger partial charge in [-0.3, -0.25) is 0 Å². The predicted octanol–water partition coefficient (Wildman–Crippen LogP) is 6.05. The molecule has 2 aromatic carbocycles. The van der Waals surface area contributed by atoms with Gasteiger partial charge in [0, 0.05) is 12.3 Å². The van der Waals surface area contributed by atoms with Gasteiger partial charge in [-0.15, -0.1) is 0 Å². The molecule has 2 N–H and O–H groups in total. The van der Waals surface area contributed by atoms with Crippen molar-refractivity contribution >= 4 is 46.2 Å². The average Bonchev–Trinajstić information content (AvgIpc) is 2.63. The minimum atomic E-state index is -0.323. The number of rotatable bonds is 7. The maximum atomic E-state index is 14.0. The number of thioether (sulfide) groups is 1. The zero-order valence-corrected chi connectivity index (χ0v) is 18.4. The van der Waals surface area contributed by atoms with E-state index in [0.717, 1.165) is 23.5 Å². The molecule has 0 amide bonds. The van der Waals surface area contributed by atoms with Crippen LogP contribution in [0.1, 0.15) is 37.5 Å². The molecule has 0 spiro atoms. The standard InChI is InChI=1S/C20H25FN2OS3/c1-20(2,3)16-8-5-14(6-9-16)13-26-19(25)22-12-15-7-10-18(17(21)11-15)23-27-24-4/h5-11,23H,12-13H2,1-4H3,(H,22,25). The highest BCUT2D eigenvalue weighted by Gasteiger charge is 2.12. The second-order valence-corrected chi connectivity index (χ2v) is 9.40. The maximum absolute atomic E-state index is 14.0. The molecule has 2 rings (SSSR count). The number of anilines is 1. The van der Waals surface area contributed by atoms with E-state index < -0.39 is 0 Å². The van der Waals surface area contributed by atoms with Crippen LogP contribution in [0, 0.1) is 5.82 Å². The molecule has 0 bridgehead atoms. The van der Waals surface area contributed by atoms with Crippen molar-refractivity contribution in [3.05, 3.63) is 65.0 Å². The summed E-state index contributed by atoms with van der Waals surface area (Å²) in [5.74, 6) is 0.484. The van der Waals surface area contributed by atoms with Crippen LogP contribution in [0.4, 0.5) is 10.1 Å². The van der Waals surface area contributed by atoms with Gasteiger partial charge in [-0.1, -0.05) is 75.1 Å². The van der Waals surface area contributed by atoms with Crippen LogP contribution < -0.4 is 10.0 Å². The zero-order valence-electron chi connectivity index (χ0n) is 16.0. The third kappa shape index (κ3) is 7.33. The Labute approximate surface area is 175 Å². The van der Waals surface area contributed by atoms with E-state index in [1.54, 1.807) is 17.8 Å². The Kier molecular flexibility index (Phi) is 8.41. The highest BCUT2D eigenvalue weighted by molar-refractivity contribution is 8.22. The minimum Gasteiger partial charge on any atom is -0.367 e. The van der Waals surface area contributed by atoms with E-state index in [-0.39, 0.29) is 11.2 Å². The van der Waals surface area contributed by atoms with Crippen LogP contribution in [0.3, 0.4) is 0 Å². The number of hydrogen-bond acceptors (Lipinski definition) is 5. The van der Waals surface area contributed by atoms with Crippen LogP contribution in [-0.4, -0.2) is 11.4 Å². The largest absolute Gasteiger partial charge is 0.367 e. The van der Waals surface area contributed by atoms with Gasteiger partial charge in [0.25, 0.3) is 0 Å². The fourth-order valence-corrected chi connectivity index (χ4v) is 3.57. The number of halogens is 1. The van der Waals surface area contributed by atoms with Crippen LogP contribution >= 0.6 is 36.2 Å². The van der Waals surface area contributed by atoms with Gasteiger partial charge < -0.3 is 14.2 Å². The Morgan fingerprint density at radius 3 is 2.37 bits per heavy atom. The Morgan fingerprint density at radius 1 is 1.11 bits per heavy atom. The topological polar surface area (TPSA) is 33.3 Å². The van der Waals surface area contributed by atoms with Crippen molar-refractivity contribution < 1.29 is 8.57 Å². The minimum absolute atomic E-state index is 0.158. The Morgan fingerprint density at radius 2 is 1.78 bits per heavy atom. The molecule has 146 valence electrons. The number of hydrogen-bond donors (Lipinski definition) is 2. The fraction of sp³-hybridized carbons (Fsp3) is 0.350. The van der Waals surface area contributed by atoms with Gasteiger partial charge in [0.2, 0.25) is 0 Å². The Bertz CT molecular complexity index is 761. The molecule has 0 saturated carbocycles. The van der Waals surface area contributed by atoms with Gasteiger partial charge in [0.1, 0.15) is 22.4 Å². The molecular formula is C20H25FN2OS3. The van der Waals surface area contributed by atoms with E-state index in [1.807, 2.05) is 6.07 Å². The normalized spacial score (nSPS) is 11.3. The summed E-state index contributed by atoms with van der Waals surface area (Å²) in [5, 5.41) is 3.17. The second-order valence-electron chi connectivity index (χ2n) is 7.04. The first kappa shape index (κ1) is 22.0. The van der Waals surface area contributed by atoms with Crippen molar-refractivity contribution in [2.75, 3.05) is 11.8 Å². The molecule has 2 aromatic rings. The second kappa shape index (κ2) is 10.3. The molecule has 0 aliphatic carbocycles. The third-order valence-corrected chi connectivity index (χ3v) is 5.75. The van der Waals surface area contributed by atoms with E-state index >= 15 is 0 Å². The van der Waals surface area contributed by atoms with Crippen LogP contribution in [0.5, 0.6) is 0 Å². The number of thiocarbonyl (C=S) groups is 1. The third-order valence-electron chi connectivity index (χ3n) is 3.90. The lowest BCUT2D eigenvalue weighted by atomic mass is 9.87. The first-order chi connectivity index (χ1) is 12.8. The smallest absolute Gasteiger partial charge is 0.147 e. The van der Waals surface area contributed by atoms with Gasteiger partial charge >= 0.3 is 0 Å². The molecule has 0 unspecified atom stereocenters. The highest BCUT2D eigenvalue weighted by Crippen LogP contribution is 2.24. The lowest BCUT2D eigenvalue weighted by Crippen LogP contribution is -2.18. The molecule has 3 nitrogen and oxygen atoms in total. The van der Waals surface area contributed by atoms with Crippen LogP contribution in [0.2, 0.25) is 0 Å². The molecule has 0 atom stereocenters. The van der Waals surface area contributed by atoms with E-state index in [9.17, 15) is 4.39 Å². The molecule has 27 heavy (non-hydrogen) atoms. The Hall–Kier alpha value is -1.28. The molecule has 0 saturated heterocycles. The van der Waals surface area contributed by atoms with Gasteiger partial charge in [-0.2, -0.15) is 0 Å². The number of benzene rings is 2. The van der Waals surface area contributed by atoms with Crippen molar-refractivity contribution in [3.8, 4) is 0 Å². The van der Waals surface area contributed by atoms with Gasteiger partial charge in [-0.25, -0.2) is 4.39 Å². The van der Waals surface area contributed by atoms with E-state index in [4.69, 9.17) is 16.4 Å². The van der Waals surface area contributed by atoms with Gasteiger partial charge in [0.15, 0.2) is 0 Å². The lowest BCUT2D eigenvalue weighted by Gasteiger charge is -2.19. The summed E-state index contributed by atoms with van der Waals surface area (Å²) < 4.78 is 22.3. The van der Waals surface area contributed by atoms with Gasteiger partial charge in [0.05, 0.1) is 12.8 Å². The van der Waals surface area contributed by atoms with Crippen molar-refractivity contribution in [1.29, 1.82) is 0 Å². The van der Waals surface area contributed by atoms with Crippen LogP contribution in [0.15, 0.2) is 42.5 Å². The summed E-state index contributed by atoms with van der Waals surface area (Å²) in [4.78, 5) is 0. The van der Waals surface area contributed by atoms with Crippen LogP contribution in [0.25, 0.3) is 0 Å². The predicted molar refractivity (Wildman–Crippen MR) is 120 cm³/mol.